The number of carbonyl (C=O) groups is 3. The molecule has 5 nitrogen and oxygen atoms in total. The third-order valence-electron chi connectivity index (χ3n) is 4.03. The topological polar surface area (TPSA) is 63.7 Å². The maximum atomic E-state index is 12.5. The van der Waals surface area contributed by atoms with Crippen molar-refractivity contribution < 1.29 is 19.1 Å². The largest absolute Gasteiger partial charge is 0.464 e. The summed E-state index contributed by atoms with van der Waals surface area (Å²) in [7, 11) is 0. The van der Waals surface area contributed by atoms with Crippen molar-refractivity contribution in [3.8, 4) is 0 Å². The highest BCUT2D eigenvalue weighted by molar-refractivity contribution is 6.22. The number of hydrogen-bond donors (Lipinski definition) is 0. The highest BCUT2D eigenvalue weighted by Crippen LogP contribution is 2.27. The Labute approximate surface area is 136 Å². The van der Waals surface area contributed by atoms with Crippen LogP contribution in [-0.2, 0) is 9.53 Å². The maximum absolute atomic E-state index is 12.5. The average molecular weight is 317 g/mol. The molecule has 1 aliphatic rings. The summed E-state index contributed by atoms with van der Waals surface area (Å²) in [5, 5.41) is 0. The summed E-state index contributed by atoms with van der Waals surface area (Å²) in [5.74, 6) is -1.31. The molecule has 1 atom stereocenters. The average Bonchev–Trinajstić information content (AvgIpc) is 2.80. The summed E-state index contributed by atoms with van der Waals surface area (Å²) in [4.78, 5) is 38.4. The minimum atomic E-state index is -0.834. The summed E-state index contributed by atoms with van der Waals surface area (Å²) in [6, 6.07) is 5.84. The fourth-order valence-corrected chi connectivity index (χ4v) is 2.85. The van der Waals surface area contributed by atoms with Gasteiger partial charge in [0, 0.05) is 0 Å². The molecule has 23 heavy (non-hydrogen) atoms. The van der Waals surface area contributed by atoms with Gasteiger partial charge in [0.05, 0.1) is 17.7 Å². The molecule has 1 aromatic rings. The number of carbonyl (C=O) groups excluding carboxylic acids is 3. The quantitative estimate of drug-likeness (QED) is 0.420. The standard InChI is InChI=1S/C18H23NO4/c1-3-5-6-7-12-15(18(22)23-4-2)19-16(20)13-10-8-9-11-14(13)17(19)21/h8-11,15H,3-7,12H2,1-2H3. The Morgan fingerprint density at radius 1 is 1.04 bits per heavy atom. The molecule has 0 aliphatic carbocycles. The molecule has 0 fully saturated rings. The molecule has 1 unspecified atom stereocenters. The normalized spacial score (nSPS) is 14.8. The maximum Gasteiger partial charge on any atom is 0.329 e. The number of rotatable bonds is 8. The lowest BCUT2D eigenvalue weighted by molar-refractivity contribution is -0.148. The second-order valence-corrected chi connectivity index (χ2v) is 5.64. The zero-order chi connectivity index (χ0) is 16.8. The molecule has 0 aromatic heterocycles. The van der Waals surface area contributed by atoms with Gasteiger partial charge in [0.2, 0.25) is 0 Å². The van der Waals surface area contributed by atoms with E-state index in [2.05, 4.69) is 6.92 Å². The van der Waals surface area contributed by atoms with Gasteiger partial charge in [-0.05, 0) is 25.5 Å². The molecule has 5 heteroatoms. The van der Waals surface area contributed by atoms with Crippen LogP contribution in [0.3, 0.4) is 0 Å². The monoisotopic (exact) mass is 317 g/mol. The van der Waals surface area contributed by atoms with Crippen molar-refractivity contribution in [3.05, 3.63) is 35.4 Å². The van der Waals surface area contributed by atoms with Crippen LogP contribution in [0.2, 0.25) is 0 Å². The molecular formula is C18H23NO4. The van der Waals surface area contributed by atoms with Crippen molar-refractivity contribution in [2.24, 2.45) is 0 Å². The Hall–Kier alpha value is -2.17. The summed E-state index contributed by atoms with van der Waals surface area (Å²) in [6.07, 6.45) is 4.35. The van der Waals surface area contributed by atoms with Crippen LogP contribution >= 0.6 is 0 Å². The van der Waals surface area contributed by atoms with Crippen LogP contribution in [0.15, 0.2) is 24.3 Å². The van der Waals surface area contributed by atoms with Crippen molar-refractivity contribution in [3.63, 3.8) is 0 Å². The first-order valence-corrected chi connectivity index (χ1v) is 8.25. The van der Waals surface area contributed by atoms with Crippen LogP contribution in [-0.4, -0.2) is 35.3 Å². The third-order valence-corrected chi connectivity index (χ3v) is 4.03. The van der Waals surface area contributed by atoms with Crippen molar-refractivity contribution in [1.29, 1.82) is 0 Å². The van der Waals surface area contributed by atoms with E-state index in [9.17, 15) is 14.4 Å². The number of unbranched alkanes of at least 4 members (excludes halogenated alkanes) is 3. The fourth-order valence-electron chi connectivity index (χ4n) is 2.85. The van der Waals surface area contributed by atoms with Crippen LogP contribution in [0.5, 0.6) is 0 Å². The van der Waals surface area contributed by atoms with Gasteiger partial charge < -0.3 is 4.74 Å². The number of fused-ring (bicyclic) bond motifs is 1. The number of ether oxygens (including phenoxy) is 1. The Kier molecular flexibility index (Phi) is 5.90. The van der Waals surface area contributed by atoms with Gasteiger partial charge in [0.25, 0.3) is 11.8 Å². The van der Waals surface area contributed by atoms with Crippen molar-refractivity contribution in [1.82, 2.24) is 4.90 Å². The van der Waals surface area contributed by atoms with Crippen LogP contribution in [0.1, 0.15) is 66.7 Å². The van der Waals surface area contributed by atoms with E-state index in [1.54, 1.807) is 31.2 Å². The van der Waals surface area contributed by atoms with Gasteiger partial charge in [-0.3, -0.25) is 14.5 Å². The van der Waals surface area contributed by atoms with E-state index >= 15 is 0 Å². The van der Waals surface area contributed by atoms with E-state index in [4.69, 9.17) is 4.74 Å². The molecule has 0 N–H and O–H groups in total. The zero-order valence-electron chi connectivity index (χ0n) is 13.7. The van der Waals surface area contributed by atoms with Gasteiger partial charge in [-0.2, -0.15) is 0 Å². The molecule has 0 bridgehead atoms. The Morgan fingerprint density at radius 2 is 1.65 bits per heavy atom. The number of esters is 1. The molecule has 124 valence electrons. The Morgan fingerprint density at radius 3 is 2.17 bits per heavy atom. The van der Waals surface area contributed by atoms with Gasteiger partial charge >= 0.3 is 5.97 Å². The molecule has 2 rings (SSSR count). The van der Waals surface area contributed by atoms with Gasteiger partial charge in [-0.15, -0.1) is 0 Å². The molecule has 1 aromatic carbocycles. The van der Waals surface area contributed by atoms with E-state index in [1.165, 1.54) is 0 Å². The summed E-state index contributed by atoms with van der Waals surface area (Å²) >= 11 is 0. The van der Waals surface area contributed by atoms with Crippen molar-refractivity contribution in [2.75, 3.05) is 6.61 Å². The lowest BCUT2D eigenvalue weighted by Crippen LogP contribution is -2.45. The summed E-state index contributed by atoms with van der Waals surface area (Å²) in [6.45, 7) is 4.05. The molecular weight excluding hydrogens is 294 g/mol. The van der Waals surface area contributed by atoms with Crippen LogP contribution in [0.25, 0.3) is 0 Å². The lowest BCUT2D eigenvalue weighted by atomic mass is 10.1. The first-order chi connectivity index (χ1) is 11.1. The fraction of sp³-hybridized carbons (Fsp3) is 0.500. The van der Waals surface area contributed by atoms with E-state index < -0.39 is 23.8 Å². The minimum Gasteiger partial charge on any atom is -0.464 e. The molecule has 0 saturated heterocycles. The summed E-state index contributed by atoms with van der Waals surface area (Å²) in [5.41, 5.74) is 0.723. The molecule has 1 aliphatic heterocycles. The molecule has 0 radical (unpaired) electrons. The summed E-state index contributed by atoms with van der Waals surface area (Å²) < 4.78 is 5.08. The molecule has 2 amide bonds. The van der Waals surface area contributed by atoms with E-state index in [-0.39, 0.29) is 6.61 Å². The first kappa shape index (κ1) is 17.2. The van der Waals surface area contributed by atoms with Crippen LogP contribution in [0, 0.1) is 0 Å². The van der Waals surface area contributed by atoms with Crippen LogP contribution < -0.4 is 0 Å². The van der Waals surface area contributed by atoms with Gasteiger partial charge in [-0.1, -0.05) is 44.7 Å². The number of hydrogen-bond acceptors (Lipinski definition) is 4. The number of nitrogens with zero attached hydrogens (tertiary/aromatic N) is 1. The molecule has 0 spiro atoms. The van der Waals surface area contributed by atoms with Gasteiger partial charge in [0.1, 0.15) is 6.04 Å². The van der Waals surface area contributed by atoms with E-state index in [0.717, 1.165) is 30.6 Å². The smallest absolute Gasteiger partial charge is 0.329 e. The van der Waals surface area contributed by atoms with Gasteiger partial charge in [0.15, 0.2) is 0 Å². The SMILES string of the molecule is CCCCCCC(C(=O)OCC)N1C(=O)c2ccccc2C1=O. The van der Waals surface area contributed by atoms with E-state index in [0.29, 0.717) is 17.5 Å². The van der Waals surface area contributed by atoms with Crippen molar-refractivity contribution in [2.45, 2.75) is 52.0 Å². The lowest BCUT2D eigenvalue weighted by Gasteiger charge is -2.24. The zero-order valence-corrected chi connectivity index (χ0v) is 13.7. The number of imide groups is 1. The first-order valence-electron chi connectivity index (χ1n) is 8.25. The third kappa shape index (κ3) is 3.60. The highest BCUT2D eigenvalue weighted by atomic mass is 16.5. The van der Waals surface area contributed by atoms with Crippen molar-refractivity contribution >= 4 is 17.8 Å². The highest BCUT2D eigenvalue weighted by Gasteiger charge is 2.42. The Balaban J connectivity index is 2.20. The minimum absolute atomic E-state index is 0.230. The number of amides is 2. The molecule has 0 saturated carbocycles. The van der Waals surface area contributed by atoms with Crippen LogP contribution in [0.4, 0.5) is 0 Å². The second-order valence-electron chi connectivity index (χ2n) is 5.64. The van der Waals surface area contributed by atoms with E-state index in [1.807, 2.05) is 0 Å². The van der Waals surface area contributed by atoms with Gasteiger partial charge in [-0.25, -0.2) is 4.79 Å². The molecule has 1 heterocycles. The predicted octanol–water partition coefficient (Wildman–Crippen LogP) is 3.18. The number of benzene rings is 1. The predicted molar refractivity (Wildman–Crippen MR) is 86.1 cm³/mol. The second kappa shape index (κ2) is 7.90. The Bertz CT molecular complexity index is 561.